The first-order chi connectivity index (χ1) is 5.97. The molecule has 0 fully saturated rings. The molecule has 13 heavy (non-hydrogen) atoms. The van der Waals surface area contributed by atoms with Gasteiger partial charge < -0.3 is 5.73 Å². The second-order valence-electron chi connectivity index (χ2n) is 2.55. The van der Waals surface area contributed by atoms with Crippen LogP contribution in [-0.2, 0) is 0 Å². The van der Waals surface area contributed by atoms with Crippen molar-refractivity contribution in [3.8, 4) is 0 Å². The van der Waals surface area contributed by atoms with Crippen LogP contribution in [0.25, 0.3) is 6.08 Å². The summed E-state index contributed by atoms with van der Waals surface area (Å²) in [6, 6.07) is 6.25. The third kappa shape index (κ3) is 3.64. The maximum Gasteiger partial charge on any atom is 0.409 e. The molecule has 1 nitrogen and oxygen atoms in total. The number of hydrogen-bond acceptors (Lipinski definition) is 1. The number of rotatable bonds is 1. The first-order valence-corrected chi connectivity index (χ1v) is 3.59. The Kier molecular flexibility index (Phi) is 2.60. The molecular formula is C9H8F3N. The fourth-order valence-electron chi connectivity index (χ4n) is 0.853. The van der Waals surface area contributed by atoms with Crippen molar-refractivity contribution in [3.05, 3.63) is 35.9 Å². The molecule has 0 radical (unpaired) electrons. The number of allylic oxidation sites excluding steroid dienone is 1. The van der Waals surface area contributed by atoms with E-state index in [0.717, 1.165) is 6.08 Å². The second kappa shape index (κ2) is 3.51. The molecule has 0 aliphatic carbocycles. The summed E-state index contributed by atoms with van der Waals surface area (Å²) in [5.74, 6) is 0. The van der Waals surface area contributed by atoms with Gasteiger partial charge in [-0.05, 0) is 17.7 Å². The zero-order valence-corrected chi connectivity index (χ0v) is 6.68. The largest absolute Gasteiger partial charge is 0.409 e. The molecule has 4 heteroatoms. The summed E-state index contributed by atoms with van der Waals surface area (Å²) < 4.78 is 35.2. The van der Waals surface area contributed by atoms with Crippen LogP contribution in [0.5, 0.6) is 0 Å². The van der Waals surface area contributed by atoms with Crippen molar-refractivity contribution in [2.24, 2.45) is 0 Å². The van der Waals surface area contributed by atoms with Gasteiger partial charge in [0.05, 0.1) is 0 Å². The van der Waals surface area contributed by atoms with Crippen LogP contribution in [0, 0.1) is 0 Å². The molecular weight excluding hydrogens is 179 g/mol. The Bertz CT molecular complexity index is 315. The molecule has 0 heterocycles. The number of hydrogen-bond donors (Lipinski definition) is 1. The Balaban J connectivity index is 2.80. The van der Waals surface area contributed by atoms with E-state index in [9.17, 15) is 13.2 Å². The third-order valence-corrected chi connectivity index (χ3v) is 1.38. The van der Waals surface area contributed by atoms with Crippen molar-refractivity contribution >= 4 is 11.8 Å². The van der Waals surface area contributed by atoms with Crippen LogP contribution in [0.4, 0.5) is 18.9 Å². The van der Waals surface area contributed by atoms with Crippen molar-refractivity contribution in [1.29, 1.82) is 0 Å². The minimum atomic E-state index is -4.27. The lowest BCUT2D eigenvalue weighted by molar-refractivity contribution is -0.0790. The van der Waals surface area contributed by atoms with E-state index < -0.39 is 6.18 Å². The molecule has 2 N–H and O–H groups in total. The Hall–Kier alpha value is -1.45. The van der Waals surface area contributed by atoms with Gasteiger partial charge >= 0.3 is 6.18 Å². The van der Waals surface area contributed by atoms with Crippen molar-refractivity contribution in [2.75, 3.05) is 5.73 Å². The highest BCUT2D eigenvalue weighted by Crippen LogP contribution is 2.18. The molecule has 0 atom stereocenters. The van der Waals surface area contributed by atoms with Crippen molar-refractivity contribution in [3.63, 3.8) is 0 Å². The summed E-state index contributed by atoms with van der Waals surface area (Å²) in [4.78, 5) is 0. The fraction of sp³-hybridized carbons (Fsp3) is 0.111. The average molecular weight is 187 g/mol. The molecule has 0 saturated carbocycles. The van der Waals surface area contributed by atoms with Gasteiger partial charge in [0, 0.05) is 11.8 Å². The first-order valence-electron chi connectivity index (χ1n) is 3.59. The quantitative estimate of drug-likeness (QED) is 0.672. The normalized spacial score (nSPS) is 12.2. The van der Waals surface area contributed by atoms with Crippen molar-refractivity contribution in [2.45, 2.75) is 6.18 Å². The van der Waals surface area contributed by atoms with E-state index in [4.69, 9.17) is 5.73 Å². The number of alkyl halides is 3. The molecule has 1 aromatic carbocycles. The van der Waals surface area contributed by atoms with Gasteiger partial charge in [-0.2, -0.15) is 13.2 Å². The molecule has 0 aliphatic heterocycles. The van der Waals surface area contributed by atoms with Gasteiger partial charge in [-0.3, -0.25) is 0 Å². The zero-order valence-electron chi connectivity index (χ0n) is 6.68. The van der Waals surface area contributed by atoms with Crippen molar-refractivity contribution in [1.82, 2.24) is 0 Å². The Morgan fingerprint density at radius 2 is 1.92 bits per heavy atom. The zero-order chi connectivity index (χ0) is 9.90. The van der Waals surface area contributed by atoms with Gasteiger partial charge in [-0.15, -0.1) is 0 Å². The topological polar surface area (TPSA) is 26.0 Å². The summed E-state index contributed by atoms with van der Waals surface area (Å²) in [6.45, 7) is 0. The highest BCUT2D eigenvalue weighted by Gasteiger charge is 2.21. The van der Waals surface area contributed by atoms with Gasteiger partial charge in [0.1, 0.15) is 0 Å². The standard InChI is InChI=1S/C9H8F3N/c10-9(11,12)5-4-7-2-1-3-8(13)6-7/h1-6H,13H2. The number of anilines is 1. The van der Waals surface area contributed by atoms with E-state index in [1.807, 2.05) is 0 Å². The van der Waals surface area contributed by atoms with Crippen LogP contribution in [0.2, 0.25) is 0 Å². The second-order valence-corrected chi connectivity index (χ2v) is 2.55. The molecule has 0 saturated heterocycles. The summed E-state index contributed by atoms with van der Waals surface area (Å²) >= 11 is 0. The molecule has 0 amide bonds. The Morgan fingerprint density at radius 1 is 1.23 bits per heavy atom. The molecule has 1 rings (SSSR count). The molecule has 0 spiro atoms. The van der Waals surface area contributed by atoms with Crippen LogP contribution in [0.15, 0.2) is 30.3 Å². The van der Waals surface area contributed by atoms with Crippen molar-refractivity contribution < 1.29 is 13.2 Å². The minimum Gasteiger partial charge on any atom is -0.399 e. The lowest BCUT2D eigenvalue weighted by atomic mass is 10.2. The average Bonchev–Trinajstić information content (AvgIpc) is 2.00. The SMILES string of the molecule is Nc1cccc(C=CC(F)(F)F)c1. The third-order valence-electron chi connectivity index (χ3n) is 1.38. The smallest absolute Gasteiger partial charge is 0.399 e. The molecule has 0 aliphatic rings. The lowest BCUT2D eigenvalue weighted by Gasteiger charge is -1.98. The monoisotopic (exact) mass is 187 g/mol. The summed E-state index contributed by atoms with van der Waals surface area (Å²) in [7, 11) is 0. The fourth-order valence-corrected chi connectivity index (χ4v) is 0.853. The molecule has 0 unspecified atom stereocenters. The predicted molar refractivity (Wildman–Crippen MR) is 45.9 cm³/mol. The maximum atomic E-state index is 11.7. The van der Waals surface area contributed by atoms with Crippen LogP contribution in [0.1, 0.15) is 5.56 Å². The van der Waals surface area contributed by atoms with Crippen LogP contribution in [-0.4, -0.2) is 6.18 Å². The molecule has 1 aromatic rings. The van der Waals surface area contributed by atoms with E-state index in [0.29, 0.717) is 11.3 Å². The van der Waals surface area contributed by atoms with E-state index in [1.165, 1.54) is 6.07 Å². The number of benzene rings is 1. The molecule has 0 bridgehead atoms. The van der Waals surface area contributed by atoms with E-state index in [1.54, 1.807) is 18.2 Å². The minimum absolute atomic E-state index is 0.182. The van der Waals surface area contributed by atoms with E-state index in [2.05, 4.69) is 0 Å². The van der Waals surface area contributed by atoms with Gasteiger partial charge in [-0.25, -0.2) is 0 Å². The summed E-state index contributed by atoms with van der Waals surface area (Å²) in [6.07, 6.45) is -3.11. The van der Waals surface area contributed by atoms with E-state index >= 15 is 0 Å². The van der Waals surface area contributed by atoms with Gasteiger partial charge in [0.15, 0.2) is 0 Å². The van der Waals surface area contributed by atoms with Gasteiger partial charge in [0.2, 0.25) is 0 Å². The summed E-state index contributed by atoms with van der Waals surface area (Å²) in [5, 5.41) is 0. The van der Waals surface area contributed by atoms with Crippen LogP contribution in [0.3, 0.4) is 0 Å². The van der Waals surface area contributed by atoms with Gasteiger partial charge in [-0.1, -0.05) is 18.2 Å². The number of halogens is 3. The lowest BCUT2D eigenvalue weighted by Crippen LogP contribution is -2.00. The first kappa shape index (κ1) is 9.64. The highest BCUT2D eigenvalue weighted by molar-refractivity contribution is 5.55. The summed E-state index contributed by atoms with van der Waals surface area (Å²) in [5.41, 5.74) is 6.27. The van der Waals surface area contributed by atoms with Crippen LogP contribution < -0.4 is 5.73 Å². The maximum absolute atomic E-state index is 11.7. The molecule has 0 aromatic heterocycles. The van der Waals surface area contributed by atoms with Gasteiger partial charge in [0.25, 0.3) is 0 Å². The van der Waals surface area contributed by atoms with Crippen LogP contribution >= 0.6 is 0 Å². The number of nitrogen functional groups attached to an aromatic ring is 1. The predicted octanol–water partition coefficient (Wildman–Crippen LogP) is 2.84. The van der Waals surface area contributed by atoms with E-state index in [-0.39, 0.29) is 6.08 Å². The molecule has 70 valence electrons. The Labute approximate surface area is 73.7 Å². The Morgan fingerprint density at radius 3 is 2.46 bits per heavy atom. The number of nitrogens with two attached hydrogens (primary N) is 1. The highest BCUT2D eigenvalue weighted by atomic mass is 19.4.